The van der Waals surface area contributed by atoms with Crippen molar-refractivity contribution in [3.63, 3.8) is 0 Å². The zero-order chi connectivity index (χ0) is 30.3. The van der Waals surface area contributed by atoms with Crippen LogP contribution in [-0.2, 0) is 22.6 Å². The Hall–Kier alpha value is -4.33. The fourth-order valence-corrected chi connectivity index (χ4v) is 5.70. The molecule has 0 saturated carbocycles. The number of hydrogen-bond donors (Lipinski definition) is 0. The van der Waals surface area contributed by atoms with Crippen molar-refractivity contribution in [2.24, 2.45) is 0 Å². The molecule has 0 bridgehead atoms. The van der Waals surface area contributed by atoms with Crippen molar-refractivity contribution in [1.29, 1.82) is 5.26 Å². The molecule has 2 aliphatic rings. The Kier molecular flexibility index (Phi) is 9.65. The number of piperidine rings is 1. The molecule has 2 aromatic heterocycles. The number of rotatable bonds is 6. The van der Waals surface area contributed by atoms with Gasteiger partial charge in [0.25, 0.3) is 0 Å². The number of methoxy groups -OCH3 is 1. The number of imidazole rings is 1. The average Bonchev–Trinajstić information content (AvgIpc) is 3.28. The molecule has 9 nitrogen and oxygen atoms in total. The standard InChI is InChI=1S/C31H30FN5O4.C2H6/c1-39-31(38)22-7-8-26-27(16-22)37-13-14-40-19-28(30(37)35-26)36-11-9-21(10-12-36)25-3-2-4-29(34-25)41-18-23-6-5-20(17-33)15-24(23)32;1-2/h2-8,15-16,21,28H,9-14,18-19H2,1H3;1-2H3. The highest BCUT2D eigenvalue weighted by Crippen LogP contribution is 2.34. The second-order valence-corrected chi connectivity index (χ2v) is 10.3. The summed E-state index contributed by atoms with van der Waals surface area (Å²) in [5, 5.41) is 8.94. The minimum Gasteiger partial charge on any atom is -0.473 e. The van der Waals surface area contributed by atoms with E-state index in [4.69, 9.17) is 29.4 Å². The molecule has 0 spiro atoms. The van der Waals surface area contributed by atoms with E-state index >= 15 is 0 Å². The lowest BCUT2D eigenvalue weighted by Gasteiger charge is -2.36. The van der Waals surface area contributed by atoms with Crippen molar-refractivity contribution in [3.8, 4) is 11.9 Å². The molecule has 6 rings (SSSR count). The first-order valence-electron chi connectivity index (χ1n) is 14.7. The SMILES string of the molecule is CC.COC(=O)c1ccc2nc3n(c2c1)CCOCC3N1CCC(c2cccc(OCc3ccc(C#N)cc3F)n2)CC1. The number of ether oxygens (including phenoxy) is 3. The van der Waals surface area contributed by atoms with Gasteiger partial charge < -0.3 is 18.8 Å². The molecule has 224 valence electrons. The number of pyridine rings is 1. The van der Waals surface area contributed by atoms with E-state index in [0.29, 0.717) is 36.8 Å². The first-order valence-corrected chi connectivity index (χ1v) is 14.7. The van der Waals surface area contributed by atoms with Crippen molar-refractivity contribution in [2.75, 3.05) is 33.4 Å². The number of carbonyl (C=O) groups excluding carboxylic acids is 1. The third kappa shape index (κ3) is 6.53. The van der Waals surface area contributed by atoms with E-state index in [9.17, 15) is 9.18 Å². The Morgan fingerprint density at radius 2 is 1.91 bits per heavy atom. The Morgan fingerprint density at radius 3 is 2.65 bits per heavy atom. The van der Waals surface area contributed by atoms with E-state index in [1.165, 1.54) is 13.2 Å². The van der Waals surface area contributed by atoms with Gasteiger partial charge in [-0.25, -0.2) is 19.2 Å². The van der Waals surface area contributed by atoms with E-state index in [1.807, 2.05) is 44.2 Å². The number of esters is 1. The number of carbonyl (C=O) groups is 1. The van der Waals surface area contributed by atoms with Gasteiger partial charge in [-0.05, 0) is 62.3 Å². The van der Waals surface area contributed by atoms with Gasteiger partial charge >= 0.3 is 5.97 Å². The van der Waals surface area contributed by atoms with E-state index in [-0.39, 0.29) is 30.1 Å². The number of nitriles is 1. The van der Waals surface area contributed by atoms with E-state index < -0.39 is 5.82 Å². The monoisotopic (exact) mass is 585 g/mol. The summed E-state index contributed by atoms with van der Waals surface area (Å²) in [5.41, 5.74) is 3.89. The number of halogens is 1. The normalized spacial score (nSPS) is 17.2. The molecule has 0 aliphatic carbocycles. The summed E-state index contributed by atoms with van der Waals surface area (Å²) in [6, 6.07) is 17.5. The molecule has 10 heteroatoms. The van der Waals surface area contributed by atoms with Gasteiger partial charge in [0.2, 0.25) is 5.88 Å². The van der Waals surface area contributed by atoms with Gasteiger partial charge in [0.15, 0.2) is 0 Å². The summed E-state index contributed by atoms with van der Waals surface area (Å²) in [4.78, 5) is 24.2. The number of benzene rings is 2. The average molecular weight is 586 g/mol. The quantitative estimate of drug-likeness (QED) is 0.262. The lowest BCUT2D eigenvalue weighted by molar-refractivity contribution is 0.0529. The molecule has 4 aromatic rings. The summed E-state index contributed by atoms with van der Waals surface area (Å²) < 4.78 is 33.1. The molecule has 0 N–H and O–H groups in total. The molecule has 1 unspecified atom stereocenters. The van der Waals surface area contributed by atoms with Crippen LogP contribution in [0.4, 0.5) is 4.39 Å². The van der Waals surface area contributed by atoms with Crippen LogP contribution in [0.15, 0.2) is 54.6 Å². The Bertz CT molecular complexity index is 1620. The maximum atomic E-state index is 14.3. The third-order valence-corrected chi connectivity index (χ3v) is 7.92. The van der Waals surface area contributed by atoms with Crippen LogP contribution in [0.2, 0.25) is 0 Å². The first kappa shape index (κ1) is 30.1. The van der Waals surface area contributed by atoms with Crippen LogP contribution in [-0.4, -0.2) is 58.8 Å². The van der Waals surface area contributed by atoms with E-state index in [2.05, 4.69) is 9.47 Å². The van der Waals surface area contributed by atoms with Crippen molar-refractivity contribution in [2.45, 2.75) is 51.8 Å². The summed E-state index contributed by atoms with van der Waals surface area (Å²) in [6.45, 7) is 7.57. The zero-order valence-corrected chi connectivity index (χ0v) is 24.8. The fourth-order valence-electron chi connectivity index (χ4n) is 5.70. The molecule has 2 aliphatic heterocycles. The number of fused-ring (bicyclic) bond motifs is 3. The first-order chi connectivity index (χ1) is 21.0. The van der Waals surface area contributed by atoms with Crippen molar-refractivity contribution >= 4 is 17.0 Å². The van der Waals surface area contributed by atoms with Gasteiger partial charge in [-0.15, -0.1) is 0 Å². The molecule has 1 atom stereocenters. The Balaban J connectivity index is 0.00000180. The molecule has 0 amide bonds. The van der Waals surface area contributed by atoms with Crippen LogP contribution in [0.5, 0.6) is 5.88 Å². The summed E-state index contributed by atoms with van der Waals surface area (Å²) in [6.07, 6.45) is 1.84. The summed E-state index contributed by atoms with van der Waals surface area (Å²) in [5.74, 6) is 0.852. The number of aromatic nitrogens is 3. The van der Waals surface area contributed by atoms with Crippen LogP contribution < -0.4 is 4.74 Å². The molecule has 43 heavy (non-hydrogen) atoms. The van der Waals surface area contributed by atoms with Crippen LogP contribution in [0, 0.1) is 17.1 Å². The minimum absolute atomic E-state index is 0.0115. The van der Waals surface area contributed by atoms with Crippen molar-refractivity contribution in [3.05, 3.63) is 88.6 Å². The topological polar surface area (TPSA) is 102 Å². The molecular weight excluding hydrogens is 549 g/mol. The van der Waals surface area contributed by atoms with Gasteiger partial charge in [-0.2, -0.15) is 5.26 Å². The second kappa shape index (κ2) is 13.8. The summed E-state index contributed by atoms with van der Waals surface area (Å²) >= 11 is 0. The largest absolute Gasteiger partial charge is 0.473 e. The Labute approximate surface area is 250 Å². The highest BCUT2D eigenvalue weighted by Gasteiger charge is 2.32. The molecule has 4 heterocycles. The van der Waals surface area contributed by atoms with Gasteiger partial charge in [-0.3, -0.25) is 4.90 Å². The van der Waals surface area contributed by atoms with Crippen LogP contribution in [0.3, 0.4) is 0 Å². The molecule has 0 radical (unpaired) electrons. The maximum Gasteiger partial charge on any atom is 0.337 e. The van der Waals surface area contributed by atoms with Crippen LogP contribution >= 0.6 is 0 Å². The molecule has 2 aromatic carbocycles. The minimum atomic E-state index is -0.465. The van der Waals surface area contributed by atoms with Crippen LogP contribution in [0.25, 0.3) is 11.0 Å². The number of likely N-dealkylation sites (tertiary alicyclic amines) is 1. The van der Waals surface area contributed by atoms with Gasteiger partial charge in [0.05, 0.1) is 54.6 Å². The van der Waals surface area contributed by atoms with E-state index in [0.717, 1.165) is 48.5 Å². The fraction of sp³-hybridized carbons (Fsp3) is 0.394. The highest BCUT2D eigenvalue weighted by atomic mass is 19.1. The zero-order valence-electron chi connectivity index (χ0n) is 24.8. The predicted octanol–water partition coefficient (Wildman–Crippen LogP) is 5.78. The Morgan fingerprint density at radius 1 is 1.09 bits per heavy atom. The van der Waals surface area contributed by atoms with Crippen molar-refractivity contribution < 1.29 is 23.4 Å². The lowest BCUT2D eigenvalue weighted by Crippen LogP contribution is -2.38. The van der Waals surface area contributed by atoms with E-state index in [1.54, 1.807) is 24.3 Å². The third-order valence-electron chi connectivity index (χ3n) is 7.92. The maximum absolute atomic E-state index is 14.3. The predicted molar refractivity (Wildman–Crippen MR) is 159 cm³/mol. The smallest absolute Gasteiger partial charge is 0.337 e. The van der Waals surface area contributed by atoms with Crippen LogP contribution in [0.1, 0.15) is 71.7 Å². The highest BCUT2D eigenvalue weighted by molar-refractivity contribution is 5.93. The number of nitrogens with zero attached hydrogens (tertiary/aromatic N) is 5. The number of hydrogen-bond acceptors (Lipinski definition) is 8. The van der Waals surface area contributed by atoms with Gasteiger partial charge in [0.1, 0.15) is 18.2 Å². The summed E-state index contributed by atoms with van der Waals surface area (Å²) in [7, 11) is 1.38. The molecule has 1 saturated heterocycles. The second-order valence-electron chi connectivity index (χ2n) is 10.3. The van der Waals surface area contributed by atoms with Gasteiger partial charge in [-0.1, -0.05) is 26.0 Å². The molecular formula is C33H36FN5O4. The van der Waals surface area contributed by atoms with Gasteiger partial charge in [0, 0.05) is 29.8 Å². The molecule has 1 fully saturated rings. The lowest BCUT2D eigenvalue weighted by atomic mass is 9.92. The van der Waals surface area contributed by atoms with Crippen molar-refractivity contribution in [1.82, 2.24) is 19.4 Å².